The number of nitrogens with zero attached hydrogens (tertiary/aromatic N) is 3. The minimum absolute atomic E-state index is 0.190. The van der Waals surface area contributed by atoms with Gasteiger partial charge in [-0.25, -0.2) is 4.39 Å². The summed E-state index contributed by atoms with van der Waals surface area (Å²) in [7, 11) is 0. The van der Waals surface area contributed by atoms with Gasteiger partial charge in [0.1, 0.15) is 11.9 Å². The summed E-state index contributed by atoms with van der Waals surface area (Å²) in [6, 6.07) is 15.5. The van der Waals surface area contributed by atoms with Crippen LogP contribution < -0.4 is 5.32 Å². The molecule has 6 nitrogen and oxygen atoms in total. The fraction of sp³-hybridized carbons (Fsp3) is 0.250. The van der Waals surface area contributed by atoms with Gasteiger partial charge in [0.25, 0.3) is 0 Å². The normalized spacial score (nSPS) is 15.9. The topological polar surface area (TPSA) is 67.4 Å². The maximum atomic E-state index is 14.0. The Morgan fingerprint density at radius 2 is 1.79 bits per heavy atom. The fourth-order valence-corrected chi connectivity index (χ4v) is 3.96. The van der Waals surface area contributed by atoms with Gasteiger partial charge in [-0.3, -0.25) is 15.0 Å². The predicted octanol–water partition coefficient (Wildman–Crippen LogP) is 3.36. The Hall–Kier alpha value is -2.68. The Kier molecular flexibility index (Phi) is 5.70. The van der Waals surface area contributed by atoms with Crippen LogP contribution in [0.5, 0.6) is 0 Å². The largest absolute Gasteiger partial charge is 0.379 e. The molecule has 3 aromatic rings. The second-order valence-corrected chi connectivity index (χ2v) is 7.32. The number of halogens is 1. The second kappa shape index (κ2) is 8.55. The molecule has 0 bridgehead atoms. The van der Waals surface area contributed by atoms with Crippen molar-refractivity contribution in [3.8, 4) is 10.6 Å². The minimum atomic E-state index is -0.453. The van der Waals surface area contributed by atoms with Crippen molar-refractivity contribution < 1.29 is 13.9 Å². The Balaban J connectivity index is 1.56. The number of rotatable bonds is 5. The molecule has 8 heteroatoms. The van der Waals surface area contributed by atoms with E-state index in [-0.39, 0.29) is 11.7 Å². The van der Waals surface area contributed by atoms with Gasteiger partial charge >= 0.3 is 0 Å². The SMILES string of the molecule is O=C(Nc1nnc(-c2ccccc2F)s1)[C@H](c1ccccc1)N1CCOCC1. The molecule has 0 radical (unpaired) electrons. The summed E-state index contributed by atoms with van der Waals surface area (Å²) in [5.41, 5.74) is 1.27. The van der Waals surface area contributed by atoms with Gasteiger partial charge in [0, 0.05) is 18.7 Å². The van der Waals surface area contributed by atoms with Gasteiger partial charge in [-0.2, -0.15) is 0 Å². The van der Waals surface area contributed by atoms with Gasteiger partial charge in [-0.15, -0.1) is 10.2 Å². The molecule has 1 aliphatic heterocycles. The van der Waals surface area contributed by atoms with Crippen LogP contribution in [0.4, 0.5) is 9.52 Å². The summed E-state index contributed by atoms with van der Waals surface area (Å²) in [5.74, 6) is -0.559. The molecule has 0 aliphatic carbocycles. The third-order valence-electron chi connectivity index (χ3n) is 4.53. The predicted molar refractivity (Wildman–Crippen MR) is 106 cm³/mol. The Labute approximate surface area is 166 Å². The number of carbonyl (C=O) groups is 1. The van der Waals surface area contributed by atoms with Crippen LogP contribution >= 0.6 is 11.3 Å². The first-order chi connectivity index (χ1) is 13.7. The van der Waals surface area contributed by atoms with Crippen molar-refractivity contribution in [3.63, 3.8) is 0 Å². The molecule has 0 saturated carbocycles. The van der Waals surface area contributed by atoms with Crippen LogP contribution in [0.1, 0.15) is 11.6 Å². The van der Waals surface area contributed by atoms with Gasteiger partial charge in [0.2, 0.25) is 11.0 Å². The number of nitrogens with one attached hydrogen (secondary N) is 1. The molecule has 28 heavy (non-hydrogen) atoms. The van der Waals surface area contributed by atoms with Gasteiger partial charge < -0.3 is 4.74 Å². The maximum Gasteiger partial charge on any atom is 0.248 e. The molecule has 1 fully saturated rings. The number of ether oxygens (including phenoxy) is 1. The number of aromatic nitrogens is 2. The third-order valence-corrected chi connectivity index (χ3v) is 5.41. The first kappa shape index (κ1) is 18.7. The van der Waals surface area contributed by atoms with Gasteiger partial charge in [0.15, 0.2) is 5.01 Å². The van der Waals surface area contributed by atoms with Crippen LogP contribution in [0.3, 0.4) is 0 Å². The zero-order valence-corrected chi connectivity index (χ0v) is 15.9. The highest BCUT2D eigenvalue weighted by Crippen LogP contribution is 2.30. The maximum absolute atomic E-state index is 14.0. The molecule has 1 aliphatic rings. The van der Waals surface area contributed by atoms with E-state index in [1.807, 2.05) is 30.3 Å². The third kappa shape index (κ3) is 4.09. The summed E-state index contributed by atoms with van der Waals surface area (Å²) in [4.78, 5) is 15.2. The molecule has 1 amide bonds. The number of carbonyl (C=O) groups excluding carboxylic acids is 1. The summed E-state index contributed by atoms with van der Waals surface area (Å²) in [6.07, 6.45) is 0. The second-order valence-electron chi connectivity index (χ2n) is 6.34. The highest BCUT2D eigenvalue weighted by molar-refractivity contribution is 7.18. The molecule has 0 unspecified atom stereocenters. The van der Waals surface area contributed by atoms with Gasteiger partial charge in [0.05, 0.1) is 13.2 Å². The average Bonchev–Trinajstić information content (AvgIpc) is 3.18. The lowest BCUT2D eigenvalue weighted by Crippen LogP contribution is -2.43. The van der Waals surface area contributed by atoms with E-state index in [1.165, 1.54) is 6.07 Å². The molecule has 0 spiro atoms. The minimum Gasteiger partial charge on any atom is -0.379 e. The number of morpholine rings is 1. The van der Waals surface area contributed by atoms with E-state index >= 15 is 0 Å². The van der Waals surface area contributed by atoms with E-state index in [9.17, 15) is 9.18 Å². The monoisotopic (exact) mass is 398 g/mol. The van der Waals surface area contributed by atoms with E-state index in [1.54, 1.807) is 18.2 Å². The highest BCUT2D eigenvalue weighted by atomic mass is 32.1. The van der Waals surface area contributed by atoms with Crippen molar-refractivity contribution in [3.05, 3.63) is 66.0 Å². The number of hydrogen-bond acceptors (Lipinski definition) is 6. The lowest BCUT2D eigenvalue weighted by atomic mass is 10.0. The smallest absolute Gasteiger partial charge is 0.248 e. The molecule has 144 valence electrons. The van der Waals surface area contributed by atoms with Crippen LogP contribution in [0.25, 0.3) is 10.6 Å². The molecule has 1 N–H and O–H groups in total. The molecular formula is C20H19FN4O2S. The van der Waals surface area contributed by atoms with E-state index in [0.717, 1.165) is 16.9 Å². The lowest BCUT2D eigenvalue weighted by molar-refractivity contribution is -0.123. The number of anilines is 1. The lowest BCUT2D eigenvalue weighted by Gasteiger charge is -2.33. The van der Waals surface area contributed by atoms with Crippen molar-refractivity contribution >= 4 is 22.4 Å². The molecule has 4 rings (SSSR count). The van der Waals surface area contributed by atoms with Crippen LogP contribution in [-0.2, 0) is 9.53 Å². The molecule has 1 aromatic heterocycles. The summed E-state index contributed by atoms with van der Waals surface area (Å²) < 4.78 is 19.4. The van der Waals surface area contributed by atoms with Gasteiger partial charge in [-0.05, 0) is 17.7 Å². The first-order valence-electron chi connectivity index (χ1n) is 8.98. The Morgan fingerprint density at radius 3 is 2.54 bits per heavy atom. The van der Waals surface area contributed by atoms with Crippen molar-refractivity contribution in [2.24, 2.45) is 0 Å². The molecule has 1 saturated heterocycles. The molecule has 2 aromatic carbocycles. The summed E-state index contributed by atoms with van der Waals surface area (Å²) >= 11 is 1.15. The van der Waals surface area contributed by atoms with E-state index in [2.05, 4.69) is 20.4 Å². The number of hydrogen-bond donors (Lipinski definition) is 1. The van der Waals surface area contributed by atoms with Crippen molar-refractivity contribution in [1.82, 2.24) is 15.1 Å². The number of benzene rings is 2. The van der Waals surface area contributed by atoms with Gasteiger partial charge in [-0.1, -0.05) is 53.8 Å². The zero-order valence-electron chi connectivity index (χ0n) is 15.0. The van der Waals surface area contributed by atoms with Crippen LogP contribution in [0.15, 0.2) is 54.6 Å². The van der Waals surface area contributed by atoms with Crippen molar-refractivity contribution in [2.75, 3.05) is 31.6 Å². The number of amides is 1. The van der Waals surface area contributed by atoms with E-state index < -0.39 is 6.04 Å². The zero-order chi connectivity index (χ0) is 19.3. The molecular weight excluding hydrogens is 379 g/mol. The quantitative estimate of drug-likeness (QED) is 0.714. The first-order valence-corrected chi connectivity index (χ1v) is 9.80. The molecule has 2 heterocycles. The highest BCUT2D eigenvalue weighted by Gasteiger charge is 2.29. The summed E-state index contributed by atoms with van der Waals surface area (Å²) in [5, 5.41) is 11.7. The van der Waals surface area contributed by atoms with Crippen molar-refractivity contribution in [1.29, 1.82) is 0 Å². The van der Waals surface area contributed by atoms with Crippen LogP contribution in [0, 0.1) is 5.82 Å². The molecule has 1 atom stereocenters. The van der Waals surface area contributed by atoms with E-state index in [4.69, 9.17) is 4.74 Å². The summed E-state index contributed by atoms with van der Waals surface area (Å²) in [6.45, 7) is 2.52. The van der Waals surface area contributed by atoms with E-state index in [0.29, 0.717) is 42.0 Å². The fourth-order valence-electron chi connectivity index (χ4n) is 3.19. The van der Waals surface area contributed by atoms with Crippen LogP contribution in [0.2, 0.25) is 0 Å². The van der Waals surface area contributed by atoms with Crippen LogP contribution in [-0.4, -0.2) is 47.3 Å². The Morgan fingerprint density at radius 1 is 1.07 bits per heavy atom. The average molecular weight is 398 g/mol. The Bertz CT molecular complexity index is 944. The standard InChI is InChI=1S/C20H19FN4O2S/c21-16-9-5-4-8-15(16)19-23-24-20(28-19)22-18(26)17(14-6-2-1-3-7-14)25-10-12-27-13-11-25/h1-9,17H,10-13H2,(H,22,24,26)/t17-/m0/s1. The van der Waals surface area contributed by atoms with Crippen molar-refractivity contribution in [2.45, 2.75) is 6.04 Å².